The fourth-order valence-corrected chi connectivity index (χ4v) is 4.90. The van der Waals surface area contributed by atoms with Crippen LogP contribution in [0.2, 0.25) is 0 Å². The molecule has 5 nitrogen and oxygen atoms in total. The summed E-state index contributed by atoms with van der Waals surface area (Å²) in [5, 5.41) is 3.46. The van der Waals surface area contributed by atoms with Gasteiger partial charge in [0.1, 0.15) is 6.04 Å². The van der Waals surface area contributed by atoms with E-state index in [4.69, 9.17) is 0 Å². The number of amides is 1. The number of likely N-dealkylation sites (tertiary alicyclic amines) is 1. The van der Waals surface area contributed by atoms with E-state index in [1.807, 2.05) is 65.5 Å². The van der Waals surface area contributed by atoms with E-state index in [1.165, 1.54) is 12.8 Å². The predicted octanol–water partition coefficient (Wildman–Crippen LogP) is 3.23. The number of para-hydroxylation sites is 2. The lowest BCUT2D eigenvalue weighted by molar-refractivity contribution is -0.132. The first-order chi connectivity index (χ1) is 13.8. The van der Waals surface area contributed by atoms with Gasteiger partial charge in [-0.05, 0) is 55.5 Å². The third-order valence-electron chi connectivity index (χ3n) is 6.52. The van der Waals surface area contributed by atoms with Crippen LogP contribution in [-0.2, 0) is 4.79 Å². The third kappa shape index (κ3) is 3.00. The number of carbonyl (C=O) groups is 1. The normalized spacial score (nSPS) is 19.9. The Hall–Kier alpha value is -2.66. The van der Waals surface area contributed by atoms with Gasteiger partial charge in [0.05, 0.1) is 17.4 Å². The van der Waals surface area contributed by atoms with Crippen molar-refractivity contribution in [1.82, 2.24) is 19.8 Å². The Morgan fingerprint density at radius 1 is 1.00 bits per heavy atom. The molecule has 0 radical (unpaired) electrons. The average Bonchev–Trinajstić information content (AvgIpc) is 3.35. The third-order valence-corrected chi connectivity index (χ3v) is 6.52. The molecule has 5 heteroatoms. The minimum Gasteiger partial charge on any atom is -0.340 e. The molecule has 3 heterocycles. The zero-order valence-corrected chi connectivity index (χ0v) is 16.1. The number of aromatic nitrogens is 2. The van der Waals surface area contributed by atoms with Crippen molar-refractivity contribution in [3.63, 3.8) is 0 Å². The van der Waals surface area contributed by atoms with Gasteiger partial charge in [0, 0.05) is 13.1 Å². The lowest BCUT2D eigenvalue weighted by Crippen LogP contribution is -2.41. The molecule has 2 aromatic carbocycles. The first kappa shape index (κ1) is 17.4. The van der Waals surface area contributed by atoms with Gasteiger partial charge in [-0.1, -0.05) is 42.5 Å². The van der Waals surface area contributed by atoms with Gasteiger partial charge in [0.2, 0.25) is 5.91 Å². The lowest BCUT2D eigenvalue weighted by Gasteiger charge is -2.34. The summed E-state index contributed by atoms with van der Waals surface area (Å²) in [6.07, 6.45) is 5.27. The maximum Gasteiger partial charge on any atom is 0.250 e. The molecule has 1 aromatic heterocycles. The van der Waals surface area contributed by atoms with E-state index in [0.717, 1.165) is 49.2 Å². The van der Waals surface area contributed by atoms with Crippen LogP contribution in [0.1, 0.15) is 30.9 Å². The van der Waals surface area contributed by atoms with E-state index in [1.54, 1.807) is 0 Å². The Morgan fingerprint density at radius 3 is 2.57 bits per heavy atom. The van der Waals surface area contributed by atoms with Crippen molar-refractivity contribution in [3.05, 3.63) is 66.5 Å². The summed E-state index contributed by atoms with van der Waals surface area (Å²) < 4.78 is 2.04. The molecule has 5 rings (SSSR count). The number of rotatable bonds is 3. The summed E-state index contributed by atoms with van der Waals surface area (Å²) in [7, 11) is 0. The van der Waals surface area contributed by atoms with Crippen LogP contribution in [0, 0.1) is 5.41 Å². The molecule has 3 aromatic rings. The second-order valence-corrected chi connectivity index (χ2v) is 8.21. The Kier molecular flexibility index (Phi) is 4.40. The highest BCUT2D eigenvalue weighted by Gasteiger charge is 2.42. The smallest absolute Gasteiger partial charge is 0.250 e. The zero-order valence-electron chi connectivity index (χ0n) is 16.1. The van der Waals surface area contributed by atoms with Gasteiger partial charge in [-0.2, -0.15) is 0 Å². The summed E-state index contributed by atoms with van der Waals surface area (Å²) >= 11 is 0. The summed E-state index contributed by atoms with van der Waals surface area (Å²) in [6, 6.07) is 17.8. The molecule has 1 N–H and O–H groups in total. The van der Waals surface area contributed by atoms with Crippen molar-refractivity contribution in [2.45, 2.75) is 25.3 Å². The van der Waals surface area contributed by atoms with Gasteiger partial charge in [-0.15, -0.1) is 0 Å². The topological polar surface area (TPSA) is 50.2 Å². The van der Waals surface area contributed by atoms with E-state index < -0.39 is 0 Å². The second kappa shape index (κ2) is 7.06. The number of nitrogens with one attached hydrogen (secondary N) is 1. The molecule has 28 heavy (non-hydrogen) atoms. The van der Waals surface area contributed by atoms with E-state index in [0.29, 0.717) is 5.41 Å². The van der Waals surface area contributed by atoms with Gasteiger partial charge >= 0.3 is 0 Å². The van der Waals surface area contributed by atoms with Gasteiger partial charge in [0.15, 0.2) is 0 Å². The van der Waals surface area contributed by atoms with Crippen LogP contribution >= 0.6 is 0 Å². The summed E-state index contributed by atoms with van der Waals surface area (Å²) in [4.78, 5) is 20.4. The number of benzene rings is 2. The quantitative estimate of drug-likeness (QED) is 0.766. The molecule has 2 aliphatic heterocycles. The van der Waals surface area contributed by atoms with Crippen molar-refractivity contribution in [1.29, 1.82) is 0 Å². The average molecular weight is 374 g/mol. The summed E-state index contributed by atoms with van der Waals surface area (Å²) in [6.45, 7) is 3.87. The van der Waals surface area contributed by atoms with Crippen LogP contribution in [0.4, 0.5) is 0 Å². The molecule has 2 saturated heterocycles. The van der Waals surface area contributed by atoms with Crippen LogP contribution < -0.4 is 5.32 Å². The highest BCUT2D eigenvalue weighted by atomic mass is 16.2. The number of nitrogens with zero attached hydrogens (tertiary/aromatic N) is 3. The molecule has 2 fully saturated rings. The van der Waals surface area contributed by atoms with Crippen molar-refractivity contribution < 1.29 is 4.79 Å². The van der Waals surface area contributed by atoms with Crippen molar-refractivity contribution in [2.75, 3.05) is 26.2 Å². The molecule has 2 aliphatic rings. The van der Waals surface area contributed by atoms with E-state index >= 15 is 0 Å². The maximum absolute atomic E-state index is 13.8. The molecule has 0 bridgehead atoms. The first-order valence-electron chi connectivity index (χ1n) is 10.2. The minimum atomic E-state index is -0.370. The number of fused-ring (bicyclic) bond motifs is 1. The Bertz CT molecular complexity index is 974. The Labute approximate surface area is 165 Å². The molecule has 0 saturated carbocycles. The monoisotopic (exact) mass is 374 g/mol. The number of piperidine rings is 1. The molecule has 1 atom stereocenters. The fourth-order valence-electron chi connectivity index (χ4n) is 4.90. The fraction of sp³-hybridized carbons (Fsp3) is 0.391. The Balaban J connectivity index is 1.51. The second-order valence-electron chi connectivity index (χ2n) is 8.21. The molecular weight excluding hydrogens is 348 g/mol. The number of imidazole rings is 1. The van der Waals surface area contributed by atoms with Crippen molar-refractivity contribution in [3.8, 4) is 0 Å². The SMILES string of the molecule is O=C(C(c1ccccc1)n1cnc2ccccc21)N1CCC2(CCNCC2)C1. The maximum atomic E-state index is 13.8. The van der Waals surface area contributed by atoms with Gasteiger partial charge in [0.25, 0.3) is 0 Å². The molecule has 144 valence electrons. The molecular formula is C23H26N4O. The number of carbonyl (C=O) groups excluding carboxylic acids is 1. The number of hydrogen-bond acceptors (Lipinski definition) is 3. The van der Waals surface area contributed by atoms with Crippen LogP contribution in [-0.4, -0.2) is 46.5 Å². The highest BCUT2D eigenvalue weighted by molar-refractivity contribution is 5.87. The van der Waals surface area contributed by atoms with Crippen molar-refractivity contribution in [2.24, 2.45) is 5.41 Å². The van der Waals surface area contributed by atoms with E-state index in [-0.39, 0.29) is 11.9 Å². The van der Waals surface area contributed by atoms with Gasteiger partial charge < -0.3 is 14.8 Å². The standard InChI is InChI=1S/C23H26N4O/c28-22(26-15-12-23(16-26)10-13-24-14-11-23)21(18-6-2-1-3-7-18)27-17-25-19-8-4-5-9-20(19)27/h1-9,17,21,24H,10-16H2. The van der Waals surface area contributed by atoms with Crippen molar-refractivity contribution >= 4 is 16.9 Å². The largest absolute Gasteiger partial charge is 0.340 e. The van der Waals surface area contributed by atoms with Gasteiger partial charge in [-0.3, -0.25) is 4.79 Å². The first-order valence-corrected chi connectivity index (χ1v) is 10.2. The van der Waals surface area contributed by atoms with Crippen LogP contribution in [0.5, 0.6) is 0 Å². The van der Waals surface area contributed by atoms with E-state index in [9.17, 15) is 4.79 Å². The molecule has 1 unspecified atom stereocenters. The summed E-state index contributed by atoms with van der Waals surface area (Å²) in [5.41, 5.74) is 3.24. The number of hydrogen-bond donors (Lipinski definition) is 1. The Morgan fingerprint density at radius 2 is 1.75 bits per heavy atom. The van der Waals surface area contributed by atoms with Gasteiger partial charge in [-0.25, -0.2) is 4.98 Å². The molecule has 1 spiro atoms. The molecule has 1 amide bonds. The van der Waals surface area contributed by atoms with Crippen LogP contribution in [0.25, 0.3) is 11.0 Å². The minimum absolute atomic E-state index is 0.185. The predicted molar refractivity (Wildman–Crippen MR) is 110 cm³/mol. The van der Waals surface area contributed by atoms with Crippen LogP contribution in [0.15, 0.2) is 60.9 Å². The zero-order chi connectivity index (χ0) is 19.0. The summed E-state index contributed by atoms with van der Waals surface area (Å²) in [5.74, 6) is 0.185. The molecule has 0 aliphatic carbocycles. The van der Waals surface area contributed by atoms with E-state index in [2.05, 4.69) is 15.2 Å². The lowest BCUT2D eigenvalue weighted by atomic mass is 9.78. The van der Waals surface area contributed by atoms with Crippen LogP contribution in [0.3, 0.4) is 0 Å². The highest BCUT2D eigenvalue weighted by Crippen LogP contribution is 2.40.